The minimum Gasteiger partial charge on any atom is -0.361 e. The molecule has 2 N–H and O–H groups in total. The minimum absolute atomic E-state index is 0.0289. The van der Waals surface area contributed by atoms with Gasteiger partial charge >= 0.3 is 0 Å². The molecule has 3 aromatic rings. The van der Waals surface area contributed by atoms with Gasteiger partial charge in [-0.3, -0.25) is 10.0 Å². The van der Waals surface area contributed by atoms with Crippen molar-refractivity contribution in [3.8, 4) is 0 Å². The fourth-order valence-corrected chi connectivity index (χ4v) is 3.81. The van der Waals surface area contributed by atoms with E-state index >= 15 is 0 Å². The zero-order chi connectivity index (χ0) is 16.7. The summed E-state index contributed by atoms with van der Waals surface area (Å²) in [6.45, 7) is 2.09. The number of nitrogens with zero attached hydrogens (tertiary/aromatic N) is 1. The zero-order valence-corrected chi connectivity index (χ0v) is 13.6. The van der Waals surface area contributed by atoms with Gasteiger partial charge in [0, 0.05) is 28.2 Å². The first-order valence-corrected chi connectivity index (χ1v) is 8.39. The Bertz CT molecular complexity index is 915. The first kappa shape index (κ1) is 15.0. The molecule has 0 amide bonds. The van der Waals surface area contributed by atoms with E-state index in [2.05, 4.69) is 11.9 Å². The number of Topliss-reactive ketones (excluding diaryl/α,β-unsaturated/α-hetero) is 1. The van der Waals surface area contributed by atoms with Gasteiger partial charge in [-0.15, -0.1) is 0 Å². The van der Waals surface area contributed by atoms with Gasteiger partial charge in [0.15, 0.2) is 11.3 Å². The number of carbonyl (C=O) groups excluding carboxylic acids is 1. The molecule has 4 nitrogen and oxygen atoms in total. The number of nitrogens with one attached hydrogen (secondary N) is 1. The number of fused-ring (bicyclic) bond motifs is 2. The van der Waals surface area contributed by atoms with Crippen LogP contribution in [0.5, 0.6) is 0 Å². The molecular formula is C20H20N2O2. The number of para-hydroxylation sites is 2. The molecule has 0 fully saturated rings. The van der Waals surface area contributed by atoms with Gasteiger partial charge in [-0.05, 0) is 24.6 Å². The quantitative estimate of drug-likeness (QED) is 0.736. The molecule has 0 radical (unpaired) electrons. The second-order valence-corrected chi connectivity index (χ2v) is 6.37. The molecule has 4 heteroatoms. The molecule has 0 aliphatic carbocycles. The molecular weight excluding hydrogens is 300 g/mol. The predicted molar refractivity (Wildman–Crippen MR) is 94.5 cm³/mol. The van der Waals surface area contributed by atoms with E-state index in [1.807, 2.05) is 42.6 Å². The summed E-state index contributed by atoms with van der Waals surface area (Å²) in [4.78, 5) is 16.6. The van der Waals surface area contributed by atoms with E-state index in [0.717, 1.165) is 29.3 Å². The SMILES string of the molecule is CCCC[C@]1(c2c[nH]c3ccccc23)C(=O)c2ccccc2N1O. The Labute approximate surface area is 140 Å². The van der Waals surface area contributed by atoms with Crippen molar-refractivity contribution < 1.29 is 10.0 Å². The molecule has 0 bridgehead atoms. The maximum Gasteiger partial charge on any atom is 0.197 e. The first-order valence-electron chi connectivity index (χ1n) is 8.39. The molecule has 1 aliphatic heterocycles. The topological polar surface area (TPSA) is 56.3 Å². The molecule has 0 saturated carbocycles. The number of hydrogen-bond donors (Lipinski definition) is 2. The fourth-order valence-electron chi connectivity index (χ4n) is 3.81. The number of aromatic amines is 1. The van der Waals surface area contributed by atoms with Crippen LogP contribution in [-0.2, 0) is 5.54 Å². The number of ketones is 1. The largest absolute Gasteiger partial charge is 0.361 e. The van der Waals surface area contributed by atoms with Crippen molar-refractivity contribution in [1.29, 1.82) is 0 Å². The molecule has 0 spiro atoms. The zero-order valence-electron chi connectivity index (χ0n) is 13.6. The number of aromatic nitrogens is 1. The maximum absolute atomic E-state index is 13.4. The van der Waals surface area contributed by atoms with Crippen LogP contribution < -0.4 is 5.06 Å². The number of H-pyrrole nitrogens is 1. The van der Waals surface area contributed by atoms with Crippen molar-refractivity contribution >= 4 is 22.4 Å². The van der Waals surface area contributed by atoms with Gasteiger partial charge in [0.1, 0.15) is 0 Å². The Balaban J connectivity index is 1.97. The average Bonchev–Trinajstić information content (AvgIpc) is 3.14. The van der Waals surface area contributed by atoms with E-state index in [1.54, 1.807) is 12.1 Å². The highest BCUT2D eigenvalue weighted by molar-refractivity contribution is 6.15. The van der Waals surface area contributed by atoms with Crippen LogP contribution in [0.1, 0.15) is 42.1 Å². The van der Waals surface area contributed by atoms with Crippen LogP contribution in [-0.4, -0.2) is 16.0 Å². The highest BCUT2D eigenvalue weighted by Gasteiger charge is 2.53. The van der Waals surface area contributed by atoms with Crippen molar-refractivity contribution in [3.63, 3.8) is 0 Å². The second kappa shape index (κ2) is 5.49. The van der Waals surface area contributed by atoms with Gasteiger partial charge in [0.05, 0.1) is 5.69 Å². The molecule has 1 atom stereocenters. The third-order valence-electron chi connectivity index (χ3n) is 5.04. The highest BCUT2D eigenvalue weighted by atomic mass is 16.5. The van der Waals surface area contributed by atoms with Crippen molar-refractivity contribution in [1.82, 2.24) is 4.98 Å². The Morgan fingerprint density at radius 3 is 2.67 bits per heavy atom. The number of anilines is 1. The van der Waals surface area contributed by atoms with Gasteiger partial charge in [-0.1, -0.05) is 50.1 Å². The molecule has 122 valence electrons. The number of hydroxylamine groups is 1. The fraction of sp³-hybridized carbons (Fsp3) is 0.250. The minimum atomic E-state index is -1.06. The lowest BCUT2D eigenvalue weighted by Crippen LogP contribution is -2.46. The van der Waals surface area contributed by atoms with Gasteiger partial charge in [-0.25, -0.2) is 5.06 Å². The lowest BCUT2D eigenvalue weighted by atomic mass is 9.81. The second-order valence-electron chi connectivity index (χ2n) is 6.37. The average molecular weight is 320 g/mol. The van der Waals surface area contributed by atoms with Crippen molar-refractivity contribution in [2.24, 2.45) is 0 Å². The lowest BCUT2D eigenvalue weighted by Gasteiger charge is -2.34. The molecule has 4 rings (SSSR count). The van der Waals surface area contributed by atoms with Crippen molar-refractivity contribution in [2.75, 3.05) is 5.06 Å². The Morgan fingerprint density at radius 2 is 1.88 bits per heavy atom. The number of carbonyl (C=O) groups is 1. The van der Waals surface area contributed by atoms with E-state index < -0.39 is 5.54 Å². The van der Waals surface area contributed by atoms with E-state index in [4.69, 9.17) is 0 Å². The Hall–Kier alpha value is -2.59. The van der Waals surface area contributed by atoms with E-state index in [9.17, 15) is 10.0 Å². The molecule has 2 heterocycles. The van der Waals surface area contributed by atoms with E-state index in [-0.39, 0.29) is 5.78 Å². The highest BCUT2D eigenvalue weighted by Crippen LogP contribution is 2.48. The van der Waals surface area contributed by atoms with Crippen molar-refractivity contribution in [2.45, 2.75) is 31.7 Å². The third-order valence-corrected chi connectivity index (χ3v) is 5.04. The summed E-state index contributed by atoms with van der Waals surface area (Å²) in [5, 5.41) is 13.2. The van der Waals surface area contributed by atoms with E-state index in [1.165, 1.54) is 5.06 Å². The summed E-state index contributed by atoms with van der Waals surface area (Å²) < 4.78 is 0. The van der Waals surface area contributed by atoms with Crippen LogP contribution in [0.4, 0.5) is 5.69 Å². The number of hydrogen-bond acceptors (Lipinski definition) is 3. The van der Waals surface area contributed by atoms with Crippen LogP contribution in [0, 0.1) is 0 Å². The number of benzene rings is 2. The maximum atomic E-state index is 13.4. The van der Waals surface area contributed by atoms with Crippen LogP contribution in [0.15, 0.2) is 54.7 Å². The molecule has 0 unspecified atom stereocenters. The summed E-state index contributed by atoms with van der Waals surface area (Å²) in [5.74, 6) is -0.0289. The third kappa shape index (κ3) is 1.86. The molecule has 24 heavy (non-hydrogen) atoms. The summed E-state index contributed by atoms with van der Waals surface area (Å²) in [6.07, 6.45) is 4.26. The number of unbranched alkanes of at least 4 members (excludes halogenated alkanes) is 1. The van der Waals surface area contributed by atoms with Gasteiger partial charge in [0.25, 0.3) is 0 Å². The monoisotopic (exact) mass is 320 g/mol. The first-order chi connectivity index (χ1) is 11.7. The Kier molecular flexibility index (Phi) is 3.43. The molecule has 2 aromatic carbocycles. The normalized spacial score (nSPS) is 19.9. The van der Waals surface area contributed by atoms with E-state index in [0.29, 0.717) is 17.7 Å². The van der Waals surface area contributed by atoms with Crippen LogP contribution in [0.2, 0.25) is 0 Å². The van der Waals surface area contributed by atoms with Gasteiger partial charge in [-0.2, -0.15) is 0 Å². The van der Waals surface area contributed by atoms with Crippen LogP contribution in [0.25, 0.3) is 10.9 Å². The number of rotatable bonds is 4. The summed E-state index contributed by atoms with van der Waals surface area (Å²) >= 11 is 0. The molecule has 0 saturated heterocycles. The van der Waals surface area contributed by atoms with Gasteiger partial charge in [0.2, 0.25) is 0 Å². The Morgan fingerprint density at radius 1 is 1.12 bits per heavy atom. The standard InChI is InChI=1S/C20H20N2O2/c1-2-3-12-20(16-13-21-17-10-6-4-8-14(16)17)19(23)15-9-5-7-11-18(15)22(20)24/h4-11,13,21,24H,2-3,12H2,1H3/t20-/m0/s1. The predicted octanol–water partition coefficient (Wildman–Crippen LogP) is 4.65. The van der Waals surface area contributed by atoms with Crippen molar-refractivity contribution in [3.05, 3.63) is 65.9 Å². The van der Waals surface area contributed by atoms with Crippen LogP contribution in [0.3, 0.4) is 0 Å². The molecule has 1 aliphatic rings. The summed E-state index contributed by atoms with van der Waals surface area (Å²) in [6, 6.07) is 15.2. The summed E-state index contributed by atoms with van der Waals surface area (Å²) in [5.41, 5.74) is 1.93. The summed E-state index contributed by atoms with van der Waals surface area (Å²) in [7, 11) is 0. The lowest BCUT2D eigenvalue weighted by molar-refractivity contribution is 0.0768. The molecule has 1 aromatic heterocycles. The van der Waals surface area contributed by atoms with Crippen LogP contribution >= 0.6 is 0 Å². The smallest absolute Gasteiger partial charge is 0.197 e. The van der Waals surface area contributed by atoms with Gasteiger partial charge < -0.3 is 4.98 Å².